The maximum absolute atomic E-state index is 13.2. The number of carboxylic acids is 1. The highest BCUT2D eigenvalue weighted by Crippen LogP contribution is 2.46. The SMILES string of the molecule is CC(=O)Nc1nnc(C2=C(C(=O)O)N3C(=O)C(N(C(=O)CN)c4ccc(O)cc4)[C@@H]3SC2)s1. The predicted molar refractivity (Wildman–Crippen MR) is 120 cm³/mol. The number of phenolic OH excluding ortho intramolecular Hbond substituents is 1. The summed E-state index contributed by atoms with van der Waals surface area (Å²) in [7, 11) is 0. The zero-order valence-electron chi connectivity index (χ0n) is 17.1. The number of hydrogen-bond acceptors (Lipinski definition) is 10. The molecule has 172 valence electrons. The Bertz CT molecular complexity index is 1180. The number of thioether (sulfide) groups is 1. The van der Waals surface area contributed by atoms with E-state index in [1.54, 1.807) is 0 Å². The van der Waals surface area contributed by atoms with Crippen LogP contribution in [0.15, 0.2) is 30.0 Å². The molecule has 2 aromatic rings. The van der Waals surface area contributed by atoms with Crippen LogP contribution in [0.1, 0.15) is 11.9 Å². The van der Waals surface area contributed by atoms with E-state index in [1.165, 1.54) is 47.9 Å². The van der Waals surface area contributed by atoms with Crippen LogP contribution in [0.5, 0.6) is 5.75 Å². The minimum atomic E-state index is -1.32. The molecule has 4 rings (SSSR count). The highest BCUT2D eigenvalue weighted by Gasteiger charge is 2.57. The van der Waals surface area contributed by atoms with Crippen molar-refractivity contribution >= 4 is 63.2 Å². The molecule has 1 unspecified atom stereocenters. The molecule has 2 atom stereocenters. The molecular formula is C19H18N6O6S2. The Hall–Kier alpha value is -3.49. The number of fused-ring (bicyclic) bond motifs is 1. The van der Waals surface area contributed by atoms with Gasteiger partial charge in [0.05, 0.1) is 6.54 Å². The van der Waals surface area contributed by atoms with Crippen molar-refractivity contribution in [3.05, 3.63) is 35.0 Å². The van der Waals surface area contributed by atoms with E-state index in [4.69, 9.17) is 5.73 Å². The zero-order chi connectivity index (χ0) is 23.9. The lowest BCUT2D eigenvalue weighted by Gasteiger charge is -2.52. The number of aromatic nitrogens is 2. The van der Waals surface area contributed by atoms with Gasteiger partial charge in [0, 0.05) is 23.9 Å². The number of amides is 3. The Morgan fingerprint density at radius 3 is 2.58 bits per heavy atom. The number of aromatic hydroxyl groups is 1. The lowest BCUT2D eigenvalue weighted by atomic mass is 10.00. The largest absolute Gasteiger partial charge is 0.508 e. The number of benzene rings is 1. The molecule has 12 nitrogen and oxygen atoms in total. The third-order valence-corrected chi connectivity index (χ3v) is 7.12. The quantitative estimate of drug-likeness (QED) is 0.411. The van der Waals surface area contributed by atoms with Crippen LogP contribution in [0.2, 0.25) is 0 Å². The van der Waals surface area contributed by atoms with Gasteiger partial charge in [-0.05, 0) is 24.3 Å². The molecule has 2 aliphatic heterocycles. The van der Waals surface area contributed by atoms with E-state index in [0.29, 0.717) is 11.3 Å². The van der Waals surface area contributed by atoms with Crippen molar-refractivity contribution in [1.82, 2.24) is 15.1 Å². The van der Waals surface area contributed by atoms with Gasteiger partial charge in [0.1, 0.15) is 27.9 Å². The lowest BCUT2D eigenvalue weighted by Crippen LogP contribution is -2.72. The Balaban J connectivity index is 1.69. The second-order valence-electron chi connectivity index (χ2n) is 7.06. The van der Waals surface area contributed by atoms with Gasteiger partial charge < -0.3 is 21.3 Å². The summed E-state index contributed by atoms with van der Waals surface area (Å²) < 4.78 is 0. The zero-order valence-corrected chi connectivity index (χ0v) is 18.7. The number of carboxylic acid groups (broad SMARTS) is 1. The Kier molecular flexibility index (Phi) is 6.05. The first-order valence-corrected chi connectivity index (χ1v) is 11.4. The van der Waals surface area contributed by atoms with Crippen molar-refractivity contribution in [3.8, 4) is 5.75 Å². The fourth-order valence-electron chi connectivity index (χ4n) is 3.59. The van der Waals surface area contributed by atoms with Crippen molar-refractivity contribution in [2.45, 2.75) is 18.3 Å². The summed E-state index contributed by atoms with van der Waals surface area (Å²) in [6, 6.07) is 4.76. The number of carbonyl (C=O) groups excluding carboxylic acids is 3. The summed E-state index contributed by atoms with van der Waals surface area (Å²) >= 11 is 2.28. The van der Waals surface area contributed by atoms with Gasteiger partial charge in [0.25, 0.3) is 5.91 Å². The standard InChI is InChI=1S/C19H18N6O6S2/c1-8(26)21-19-23-22-15(33-19)11-7-32-17-14(16(29)25(17)13(11)18(30)31)24(12(28)6-20)9-2-4-10(27)5-3-9/h2-5,14,17,27H,6-7,20H2,1H3,(H,30,31)(H,21,23,26)/t14?,17-/m0/s1. The first-order chi connectivity index (χ1) is 15.7. The third kappa shape index (κ3) is 4.03. The number of carbonyl (C=O) groups is 4. The molecule has 0 spiro atoms. The van der Waals surface area contributed by atoms with Crippen LogP contribution in [0.3, 0.4) is 0 Å². The Morgan fingerprint density at radius 1 is 1.27 bits per heavy atom. The van der Waals surface area contributed by atoms with Crippen LogP contribution in [0.25, 0.3) is 5.57 Å². The fraction of sp³-hybridized carbons (Fsp3) is 0.263. The molecule has 0 bridgehead atoms. The molecule has 2 aliphatic rings. The third-order valence-electron chi connectivity index (χ3n) is 4.96. The first-order valence-electron chi connectivity index (χ1n) is 9.56. The molecule has 5 N–H and O–H groups in total. The molecular weight excluding hydrogens is 472 g/mol. The van der Waals surface area contributed by atoms with Crippen LogP contribution >= 0.6 is 23.1 Å². The maximum Gasteiger partial charge on any atom is 0.353 e. The molecule has 0 radical (unpaired) electrons. The van der Waals surface area contributed by atoms with E-state index in [1.807, 2.05) is 0 Å². The molecule has 0 saturated carbocycles. The van der Waals surface area contributed by atoms with Crippen molar-refractivity contribution in [2.75, 3.05) is 22.5 Å². The number of hydrogen-bond donors (Lipinski definition) is 4. The molecule has 3 amide bonds. The summed E-state index contributed by atoms with van der Waals surface area (Å²) in [6.45, 7) is 0.955. The summed E-state index contributed by atoms with van der Waals surface area (Å²) in [6.07, 6.45) is 0. The van der Waals surface area contributed by atoms with Crippen LogP contribution in [0, 0.1) is 0 Å². The molecule has 33 heavy (non-hydrogen) atoms. The van der Waals surface area contributed by atoms with Gasteiger partial charge >= 0.3 is 5.97 Å². The van der Waals surface area contributed by atoms with Crippen molar-refractivity contribution in [3.63, 3.8) is 0 Å². The summed E-state index contributed by atoms with van der Waals surface area (Å²) in [4.78, 5) is 51.5. The van der Waals surface area contributed by atoms with E-state index in [9.17, 15) is 29.4 Å². The maximum atomic E-state index is 13.2. The van der Waals surface area contributed by atoms with E-state index >= 15 is 0 Å². The van der Waals surface area contributed by atoms with Crippen molar-refractivity contribution in [2.24, 2.45) is 5.73 Å². The second kappa shape index (κ2) is 8.80. The summed E-state index contributed by atoms with van der Waals surface area (Å²) in [5.41, 5.74) is 5.98. The van der Waals surface area contributed by atoms with Crippen molar-refractivity contribution in [1.29, 1.82) is 0 Å². The number of rotatable bonds is 6. The molecule has 1 aromatic carbocycles. The predicted octanol–water partition coefficient (Wildman–Crippen LogP) is 0.273. The first kappa shape index (κ1) is 22.7. The minimum absolute atomic E-state index is 0.0103. The topological polar surface area (TPSA) is 179 Å². The number of nitrogens with zero attached hydrogens (tertiary/aromatic N) is 4. The molecule has 0 aliphatic carbocycles. The number of aliphatic carboxylic acids is 1. The van der Waals surface area contributed by atoms with Crippen LogP contribution in [-0.2, 0) is 19.2 Å². The van der Waals surface area contributed by atoms with Gasteiger partial charge in [-0.25, -0.2) is 4.79 Å². The molecule has 14 heteroatoms. The lowest BCUT2D eigenvalue weighted by molar-refractivity contribution is -0.148. The summed E-state index contributed by atoms with van der Waals surface area (Å²) in [5, 5.41) is 29.6. The average Bonchev–Trinajstić information content (AvgIpc) is 3.23. The Labute approximate surface area is 195 Å². The van der Waals surface area contributed by atoms with Crippen LogP contribution in [0.4, 0.5) is 10.8 Å². The average molecular weight is 491 g/mol. The van der Waals surface area contributed by atoms with Gasteiger partial charge in [0.2, 0.25) is 16.9 Å². The van der Waals surface area contributed by atoms with Crippen LogP contribution in [-0.4, -0.2) is 72.7 Å². The van der Waals surface area contributed by atoms with Gasteiger partial charge in [-0.3, -0.25) is 24.2 Å². The number of nitrogens with one attached hydrogen (secondary N) is 1. The number of β-lactam (4-membered cyclic amide) rings is 1. The second-order valence-corrected chi connectivity index (χ2v) is 9.15. The monoisotopic (exact) mass is 490 g/mol. The highest BCUT2D eigenvalue weighted by molar-refractivity contribution is 8.00. The molecule has 1 saturated heterocycles. The van der Waals surface area contributed by atoms with Gasteiger partial charge in [0.15, 0.2) is 0 Å². The highest BCUT2D eigenvalue weighted by atomic mass is 32.2. The van der Waals surface area contributed by atoms with Crippen molar-refractivity contribution < 1.29 is 29.4 Å². The Morgan fingerprint density at radius 2 is 1.97 bits per heavy atom. The number of phenols is 1. The van der Waals surface area contributed by atoms with E-state index in [0.717, 1.165) is 16.2 Å². The van der Waals surface area contributed by atoms with Crippen LogP contribution < -0.4 is 16.0 Å². The van der Waals surface area contributed by atoms with Gasteiger partial charge in [-0.2, -0.15) is 0 Å². The van der Waals surface area contributed by atoms with E-state index < -0.39 is 29.2 Å². The number of anilines is 2. The van der Waals surface area contributed by atoms with E-state index in [-0.39, 0.29) is 39.8 Å². The molecule has 1 fully saturated rings. The minimum Gasteiger partial charge on any atom is -0.508 e. The van der Waals surface area contributed by atoms with E-state index in [2.05, 4.69) is 15.5 Å². The smallest absolute Gasteiger partial charge is 0.353 e. The van der Waals surface area contributed by atoms with Gasteiger partial charge in [-0.1, -0.05) is 11.3 Å². The molecule has 1 aromatic heterocycles. The normalized spacial score (nSPS) is 19.6. The fourth-order valence-corrected chi connectivity index (χ4v) is 5.90. The summed E-state index contributed by atoms with van der Waals surface area (Å²) in [5.74, 6) is -2.58. The molecule has 3 heterocycles. The number of nitrogens with two attached hydrogens (primary N) is 1. The van der Waals surface area contributed by atoms with Gasteiger partial charge in [-0.15, -0.1) is 22.0 Å².